The third-order valence-corrected chi connectivity index (χ3v) is 8.76. The van der Waals surface area contributed by atoms with E-state index in [0.29, 0.717) is 44.5 Å². The highest BCUT2D eigenvalue weighted by molar-refractivity contribution is 6.30. The minimum absolute atomic E-state index is 0.128. The van der Waals surface area contributed by atoms with Gasteiger partial charge in [0.05, 0.1) is 25.3 Å². The molecule has 2 aliphatic rings. The summed E-state index contributed by atoms with van der Waals surface area (Å²) in [6.45, 7) is 15.1. The first-order chi connectivity index (χ1) is 25.0. The molecule has 0 radical (unpaired) electrons. The van der Waals surface area contributed by atoms with Crippen LogP contribution in [0.3, 0.4) is 0 Å². The zero-order chi connectivity index (χ0) is 35.5. The lowest BCUT2D eigenvalue weighted by Crippen LogP contribution is -2.09. The van der Waals surface area contributed by atoms with Gasteiger partial charge in [0.2, 0.25) is 0 Å². The van der Waals surface area contributed by atoms with Crippen LogP contribution in [0, 0.1) is 35.8 Å². The van der Waals surface area contributed by atoms with Crippen LogP contribution in [0.25, 0.3) is 33.0 Å². The Kier molecular flexibility index (Phi) is 8.31. The van der Waals surface area contributed by atoms with E-state index in [2.05, 4.69) is 14.6 Å². The first-order valence-corrected chi connectivity index (χ1v) is 15.8. The number of ketones is 2. The molecule has 0 saturated heterocycles. The molecule has 0 amide bonds. The van der Waals surface area contributed by atoms with Crippen LogP contribution in [0.15, 0.2) is 150 Å². The Hall–Kier alpha value is -7.84. The maximum atomic E-state index is 13.4. The van der Waals surface area contributed by atoms with Crippen molar-refractivity contribution in [3.63, 3.8) is 0 Å². The van der Waals surface area contributed by atoms with Gasteiger partial charge in [0.25, 0.3) is 11.4 Å². The number of anilines is 3. The van der Waals surface area contributed by atoms with Gasteiger partial charge in [0, 0.05) is 50.5 Å². The molecule has 236 valence electrons. The first kappa shape index (κ1) is 31.7. The Morgan fingerprint density at radius 3 is 1.24 bits per heavy atom. The van der Waals surface area contributed by atoms with Crippen LogP contribution in [-0.4, -0.2) is 11.6 Å². The molecule has 0 aromatic heterocycles. The normalized spacial score (nSPS) is 16.4. The third kappa shape index (κ3) is 5.60. The smallest absolute Gasteiger partial charge is 0.270 e. The van der Waals surface area contributed by atoms with Crippen molar-refractivity contribution in [1.82, 2.24) is 0 Å². The summed E-state index contributed by atoms with van der Waals surface area (Å²) in [6.07, 6.45) is 3.44. The summed E-state index contributed by atoms with van der Waals surface area (Å²) < 4.78 is 0. The summed E-state index contributed by atoms with van der Waals surface area (Å²) in [5.41, 5.74) is 7.19. The lowest BCUT2D eigenvalue weighted by atomic mass is 10.00. The lowest BCUT2D eigenvalue weighted by Gasteiger charge is -2.25. The van der Waals surface area contributed by atoms with Crippen LogP contribution in [-0.2, 0) is 0 Å². The second-order valence-electron chi connectivity index (χ2n) is 11.6. The number of rotatable bonds is 5. The van der Waals surface area contributed by atoms with Crippen molar-refractivity contribution in [2.45, 2.75) is 0 Å². The number of benzene rings is 5. The lowest BCUT2D eigenvalue weighted by molar-refractivity contribution is 0.103. The molecule has 0 N–H and O–H groups in total. The zero-order valence-corrected chi connectivity index (χ0v) is 26.8. The van der Waals surface area contributed by atoms with E-state index in [1.54, 1.807) is 60.7 Å². The van der Waals surface area contributed by atoms with Gasteiger partial charge in [-0.3, -0.25) is 9.59 Å². The van der Waals surface area contributed by atoms with Crippen LogP contribution in [0.2, 0.25) is 0 Å². The second-order valence-corrected chi connectivity index (χ2v) is 11.6. The fraction of sp³-hybridized carbons (Fsp3) is 0. The molecule has 0 bridgehead atoms. The average molecular weight is 654 g/mol. The highest BCUT2D eigenvalue weighted by Gasteiger charge is 2.33. The molecule has 2 aliphatic carbocycles. The maximum absolute atomic E-state index is 13.4. The summed E-state index contributed by atoms with van der Waals surface area (Å²) in [5, 5.41) is 19.4. The van der Waals surface area contributed by atoms with Gasteiger partial charge in [0.15, 0.2) is 11.6 Å². The minimum atomic E-state index is -0.231. The SMILES string of the molecule is [C-]#[N+]/C(C#N)=C1\C(=C\c2ccc(N(c3ccccc3)c3ccc(/C=C4\C(=O)c5ccccc5\C4=C(\C#N)[N+]#[C-])cc3)cc2)C(=O)c2ccccc21. The molecule has 7 nitrogen and oxygen atoms in total. The van der Waals surface area contributed by atoms with E-state index in [1.807, 2.05) is 91.0 Å². The Labute approximate surface area is 294 Å². The Morgan fingerprint density at radius 1 is 0.510 bits per heavy atom. The Bertz CT molecular complexity index is 2390. The summed E-state index contributed by atoms with van der Waals surface area (Å²) in [5.74, 6) is -0.462. The third-order valence-electron chi connectivity index (χ3n) is 8.76. The van der Waals surface area contributed by atoms with E-state index in [9.17, 15) is 20.1 Å². The van der Waals surface area contributed by atoms with Gasteiger partial charge < -0.3 is 4.90 Å². The van der Waals surface area contributed by atoms with E-state index in [1.165, 1.54) is 0 Å². The molecule has 0 atom stereocenters. The van der Waals surface area contributed by atoms with E-state index in [4.69, 9.17) is 13.1 Å². The van der Waals surface area contributed by atoms with Gasteiger partial charge in [-0.2, -0.15) is 0 Å². The molecule has 5 aromatic rings. The van der Waals surface area contributed by atoms with Gasteiger partial charge in [-0.05, 0) is 70.8 Å². The van der Waals surface area contributed by atoms with Gasteiger partial charge in [0.1, 0.15) is 0 Å². The molecule has 0 saturated carbocycles. The number of carbonyl (C=O) groups excluding carboxylic acids is 2. The average Bonchev–Trinajstić information content (AvgIpc) is 3.61. The minimum Gasteiger partial charge on any atom is -0.311 e. The molecule has 0 fully saturated rings. The molecule has 7 rings (SSSR count). The number of fused-ring (bicyclic) bond motifs is 2. The highest BCUT2D eigenvalue weighted by atomic mass is 16.1. The van der Waals surface area contributed by atoms with Gasteiger partial charge in [-0.15, -0.1) is 0 Å². The molecular formula is C44H23N5O2. The number of Topliss-reactive ketones (excluding diaryl/α,β-unsaturated/α-hetero) is 2. The number of allylic oxidation sites excluding steroid dienone is 6. The highest BCUT2D eigenvalue weighted by Crippen LogP contribution is 2.42. The topological polar surface area (TPSA) is 93.7 Å². The van der Waals surface area contributed by atoms with Crippen molar-refractivity contribution in [3.05, 3.63) is 206 Å². The van der Waals surface area contributed by atoms with Crippen LogP contribution in [0.1, 0.15) is 43.0 Å². The standard InChI is InChI=1S/C44H23N5O2/c1-47-39(26-45)41-33-12-6-8-14-35(33)43(50)37(41)24-28-16-20-31(21-17-28)49(30-10-4-3-5-11-30)32-22-18-29(19-23-32)25-38-42(40(27-46)48-2)34-13-7-9-15-36(34)44(38)51/h3-25H/b37-24-,38-25-,41-39-,42-40+. The number of nitrogens with zero attached hydrogens (tertiary/aromatic N) is 5. The van der Waals surface area contributed by atoms with Crippen LogP contribution in [0.5, 0.6) is 0 Å². The molecule has 5 aromatic carbocycles. The van der Waals surface area contributed by atoms with E-state index < -0.39 is 0 Å². The fourth-order valence-corrected chi connectivity index (χ4v) is 6.46. The van der Waals surface area contributed by atoms with Gasteiger partial charge >= 0.3 is 0 Å². The molecule has 0 aliphatic heterocycles. The number of carbonyl (C=O) groups is 2. The predicted octanol–water partition coefficient (Wildman–Crippen LogP) is 10.0. The number of para-hydroxylation sites is 1. The van der Waals surface area contributed by atoms with Crippen molar-refractivity contribution in [3.8, 4) is 12.1 Å². The summed E-state index contributed by atoms with van der Waals surface area (Å²) in [6, 6.07) is 43.0. The quantitative estimate of drug-likeness (QED) is 0.107. The van der Waals surface area contributed by atoms with Crippen LogP contribution in [0.4, 0.5) is 17.1 Å². The fourth-order valence-electron chi connectivity index (χ4n) is 6.46. The first-order valence-electron chi connectivity index (χ1n) is 15.8. The molecule has 0 unspecified atom stereocenters. The van der Waals surface area contributed by atoms with Crippen molar-refractivity contribution in [1.29, 1.82) is 10.5 Å². The number of hydrogen-bond acceptors (Lipinski definition) is 5. The molecular weight excluding hydrogens is 631 g/mol. The summed E-state index contributed by atoms with van der Waals surface area (Å²) in [7, 11) is 0. The van der Waals surface area contributed by atoms with E-state index in [0.717, 1.165) is 28.2 Å². The van der Waals surface area contributed by atoms with Crippen molar-refractivity contribution >= 4 is 51.9 Å². The van der Waals surface area contributed by atoms with Crippen molar-refractivity contribution in [2.75, 3.05) is 4.90 Å². The zero-order valence-electron chi connectivity index (χ0n) is 26.8. The Morgan fingerprint density at radius 2 is 0.863 bits per heavy atom. The van der Waals surface area contributed by atoms with E-state index in [-0.39, 0.29) is 23.0 Å². The number of hydrogen-bond donors (Lipinski definition) is 0. The molecule has 51 heavy (non-hydrogen) atoms. The van der Waals surface area contributed by atoms with Gasteiger partial charge in [-0.25, -0.2) is 20.2 Å². The maximum Gasteiger partial charge on any atom is 0.270 e. The van der Waals surface area contributed by atoms with Gasteiger partial charge in [-0.1, -0.05) is 91.0 Å². The van der Waals surface area contributed by atoms with Crippen LogP contribution >= 0.6 is 0 Å². The second kappa shape index (κ2) is 13.3. The van der Waals surface area contributed by atoms with Crippen molar-refractivity contribution in [2.24, 2.45) is 0 Å². The Balaban J connectivity index is 1.25. The molecule has 0 spiro atoms. The molecule has 7 heteroatoms. The van der Waals surface area contributed by atoms with Crippen molar-refractivity contribution < 1.29 is 9.59 Å². The largest absolute Gasteiger partial charge is 0.311 e. The number of nitriles is 2. The van der Waals surface area contributed by atoms with Crippen LogP contribution < -0.4 is 4.90 Å². The summed E-state index contributed by atoms with van der Waals surface area (Å²) in [4.78, 5) is 35.7. The van der Waals surface area contributed by atoms with E-state index >= 15 is 0 Å². The summed E-state index contributed by atoms with van der Waals surface area (Å²) >= 11 is 0. The molecule has 0 heterocycles. The predicted molar refractivity (Wildman–Crippen MR) is 197 cm³/mol. The monoisotopic (exact) mass is 653 g/mol.